The SMILES string of the molecule is COc1cccc(NCc2ccc(Br)cn2)c1. The molecule has 0 radical (unpaired) electrons. The highest BCUT2D eigenvalue weighted by Crippen LogP contribution is 2.17. The van der Waals surface area contributed by atoms with E-state index in [1.54, 1.807) is 13.3 Å². The average Bonchev–Trinajstić information content (AvgIpc) is 2.38. The van der Waals surface area contributed by atoms with E-state index in [1.165, 1.54) is 0 Å². The van der Waals surface area contributed by atoms with E-state index in [0.29, 0.717) is 6.54 Å². The van der Waals surface area contributed by atoms with E-state index >= 15 is 0 Å². The molecule has 0 atom stereocenters. The van der Waals surface area contributed by atoms with Gasteiger partial charge in [-0.25, -0.2) is 0 Å². The zero-order valence-corrected chi connectivity index (χ0v) is 11.1. The maximum Gasteiger partial charge on any atom is 0.120 e. The van der Waals surface area contributed by atoms with Gasteiger partial charge in [0.2, 0.25) is 0 Å². The number of halogens is 1. The number of methoxy groups -OCH3 is 1. The molecule has 4 heteroatoms. The van der Waals surface area contributed by atoms with Crippen molar-refractivity contribution in [1.29, 1.82) is 0 Å². The molecule has 1 aromatic carbocycles. The molecule has 0 aliphatic rings. The van der Waals surface area contributed by atoms with Crippen LogP contribution in [0.15, 0.2) is 47.1 Å². The highest BCUT2D eigenvalue weighted by Gasteiger charge is 1.97. The molecule has 3 nitrogen and oxygen atoms in total. The number of aromatic nitrogens is 1. The van der Waals surface area contributed by atoms with Crippen molar-refractivity contribution in [2.75, 3.05) is 12.4 Å². The lowest BCUT2D eigenvalue weighted by Gasteiger charge is -2.07. The first kappa shape index (κ1) is 11.9. The fourth-order valence-corrected chi connectivity index (χ4v) is 1.67. The standard InChI is InChI=1S/C13H13BrN2O/c1-17-13-4-2-3-11(7-13)16-9-12-6-5-10(14)8-15-12/h2-8,16H,9H2,1H3. The highest BCUT2D eigenvalue weighted by atomic mass is 79.9. The molecule has 0 saturated heterocycles. The first-order valence-electron chi connectivity index (χ1n) is 5.26. The summed E-state index contributed by atoms with van der Waals surface area (Å²) >= 11 is 3.36. The first-order valence-corrected chi connectivity index (χ1v) is 6.05. The number of nitrogens with zero attached hydrogens (tertiary/aromatic N) is 1. The summed E-state index contributed by atoms with van der Waals surface area (Å²) in [6.45, 7) is 0.695. The van der Waals surface area contributed by atoms with E-state index in [0.717, 1.165) is 21.6 Å². The lowest BCUT2D eigenvalue weighted by atomic mass is 10.3. The second-order valence-corrected chi connectivity index (χ2v) is 4.47. The molecule has 1 N–H and O–H groups in total. The predicted molar refractivity (Wildman–Crippen MR) is 72.3 cm³/mol. The van der Waals surface area contributed by atoms with Gasteiger partial charge in [0.25, 0.3) is 0 Å². The molecule has 2 aromatic rings. The Hall–Kier alpha value is -1.55. The summed E-state index contributed by atoms with van der Waals surface area (Å²) < 4.78 is 6.15. The largest absolute Gasteiger partial charge is 0.497 e. The Balaban J connectivity index is 1.99. The smallest absolute Gasteiger partial charge is 0.120 e. The molecule has 1 heterocycles. The van der Waals surface area contributed by atoms with Crippen LogP contribution < -0.4 is 10.1 Å². The number of ether oxygens (including phenoxy) is 1. The molecular weight excluding hydrogens is 280 g/mol. The molecule has 0 fully saturated rings. The molecule has 0 spiro atoms. The minimum atomic E-state index is 0.695. The third-order valence-electron chi connectivity index (χ3n) is 2.33. The normalized spacial score (nSPS) is 10.0. The molecule has 0 aliphatic heterocycles. The van der Waals surface area contributed by atoms with E-state index in [4.69, 9.17) is 4.74 Å². The fraction of sp³-hybridized carbons (Fsp3) is 0.154. The van der Waals surface area contributed by atoms with Crippen LogP contribution in [0.3, 0.4) is 0 Å². The van der Waals surface area contributed by atoms with Crippen molar-refractivity contribution >= 4 is 21.6 Å². The Morgan fingerprint density at radius 3 is 2.88 bits per heavy atom. The van der Waals surface area contributed by atoms with Gasteiger partial charge in [-0.15, -0.1) is 0 Å². The first-order chi connectivity index (χ1) is 8.28. The summed E-state index contributed by atoms with van der Waals surface area (Å²) in [5.74, 6) is 0.846. The molecule has 0 bridgehead atoms. The number of nitrogens with one attached hydrogen (secondary N) is 1. The maximum atomic E-state index is 5.16. The lowest BCUT2D eigenvalue weighted by molar-refractivity contribution is 0.415. The van der Waals surface area contributed by atoms with Crippen LogP contribution in [0.5, 0.6) is 5.75 Å². The number of rotatable bonds is 4. The van der Waals surface area contributed by atoms with Crippen molar-refractivity contribution in [3.8, 4) is 5.75 Å². The van der Waals surface area contributed by atoms with Crippen molar-refractivity contribution in [3.05, 3.63) is 52.8 Å². The number of anilines is 1. The van der Waals surface area contributed by atoms with Gasteiger partial charge in [0.1, 0.15) is 5.75 Å². The fourth-order valence-electron chi connectivity index (χ4n) is 1.44. The van der Waals surface area contributed by atoms with Crippen LogP contribution in [0, 0.1) is 0 Å². The third kappa shape index (κ3) is 3.46. The summed E-state index contributed by atoms with van der Waals surface area (Å²) in [7, 11) is 1.66. The summed E-state index contributed by atoms with van der Waals surface area (Å²) in [5.41, 5.74) is 2.02. The van der Waals surface area contributed by atoms with Crippen molar-refractivity contribution in [2.45, 2.75) is 6.54 Å². The maximum absolute atomic E-state index is 5.16. The second kappa shape index (κ2) is 5.68. The van der Waals surface area contributed by atoms with Gasteiger partial charge in [-0.05, 0) is 40.2 Å². The molecule has 2 rings (SSSR count). The number of benzene rings is 1. The van der Waals surface area contributed by atoms with Crippen molar-refractivity contribution in [2.24, 2.45) is 0 Å². The number of pyridine rings is 1. The van der Waals surface area contributed by atoms with Gasteiger partial charge in [-0.3, -0.25) is 4.98 Å². The van der Waals surface area contributed by atoms with Crippen LogP contribution in [0.25, 0.3) is 0 Å². The topological polar surface area (TPSA) is 34.1 Å². The third-order valence-corrected chi connectivity index (χ3v) is 2.80. The van der Waals surface area contributed by atoms with Gasteiger partial charge in [0.15, 0.2) is 0 Å². The van der Waals surface area contributed by atoms with Gasteiger partial charge < -0.3 is 10.1 Å². The zero-order valence-electron chi connectivity index (χ0n) is 9.48. The van der Waals surface area contributed by atoms with Crippen molar-refractivity contribution in [3.63, 3.8) is 0 Å². The monoisotopic (exact) mass is 292 g/mol. The van der Waals surface area contributed by atoms with Crippen molar-refractivity contribution < 1.29 is 4.74 Å². The summed E-state index contributed by atoms with van der Waals surface area (Å²) in [5, 5.41) is 3.30. The van der Waals surface area contributed by atoms with E-state index < -0.39 is 0 Å². The molecule has 0 aliphatic carbocycles. The molecular formula is C13H13BrN2O. The second-order valence-electron chi connectivity index (χ2n) is 3.55. The zero-order chi connectivity index (χ0) is 12.1. The van der Waals surface area contributed by atoms with E-state index in [2.05, 4.69) is 26.2 Å². The average molecular weight is 293 g/mol. The molecule has 0 amide bonds. The van der Waals surface area contributed by atoms with E-state index in [-0.39, 0.29) is 0 Å². The Bertz CT molecular complexity index is 485. The van der Waals surface area contributed by atoms with E-state index in [9.17, 15) is 0 Å². The van der Waals surface area contributed by atoms with Crippen LogP contribution in [0.4, 0.5) is 5.69 Å². The summed E-state index contributed by atoms with van der Waals surface area (Å²) in [6, 6.07) is 11.8. The predicted octanol–water partition coefficient (Wildman–Crippen LogP) is 3.46. The Labute approximate surface area is 109 Å². The molecule has 88 valence electrons. The van der Waals surface area contributed by atoms with Gasteiger partial charge in [0, 0.05) is 22.4 Å². The van der Waals surface area contributed by atoms with Gasteiger partial charge in [-0.1, -0.05) is 6.07 Å². The number of hydrogen-bond acceptors (Lipinski definition) is 3. The van der Waals surface area contributed by atoms with Gasteiger partial charge >= 0.3 is 0 Å². The van der Waals surface area contributed by atoms with Crippen LogP contribution in [-0.2, 0) is 6.54 Å². The van der Waals surface area contributed by atoms with Crippen molar-refractivity contribution in [1.82, 2.24) is 4.98 Å². The Morgan fingerprint density at radius 2 is 2.18 bits per heavy atom. The quantitative estimate of drug-likeness (QED) is 0.937. The van der Waals surface area contributed by atoms with Crippen LogP contribution >= 0.6 is 15.9 Å². The van der Waals surface area contributed by atoms with Crippen LogP contribution in [0.2, 0.25) is 0 Å². The van der Waals surface area contributed by atoms with E-state index in [1.807, 2.05) is 36.4 Å². The summed E-state index contributed by atoms with van der Waals surface area (Å²) in [6.07, 6.45) is 1.79. The molecule has 1 aromatic heterocycles. The van der Waals surface area contributed by atoms with Crippen LogP contribution in [-0.4, -0.2) is 12.1 Å². The minimum Gasteiger partial charge on any atom is -0.497 e. The molecule has 0 unspecified atom stereocenters. The Morgan fingerprint density at radius 1 is 1.29 bits per heavy atom. The highest BCUT2D eigenvalue weighted by molar-refractivity contribution is 9.10. The lowest BCUT2D eigenvalue weighted by Crippen LogP contribution is -2.01. The molecule has 17 heavy (non-hydrogen) atoms. The minimum absolute atomic E-state index is 0.695. The summed E-state index contributed by atoms with van der Waals surface area (Å²) in [4.78, 5) is 4.30. The molecule has 0 saturated carbocycles. The van der Waals surface area contributed by atoms with Crippen LogP contribution in [0.1, 0.15) is 5.69 Å². The number of hydrogen-bond donors (Lipinski definition) is 1. The van der Waals surface area contributed by atoms with Gasteiger partial charge in [-0.2, -0.15) is 0 Å². The van der Waals surface area contributed by atoms with Gasteiger partial charge in [0.05, 0.1) is 19.3 Å². The Kier molecular flexibility index (Phi) is 3.98.